The highest BCUT2D eigenvalue weighted by Gasteiger charge is 2.29. The fourth-order valence-electron chi connectivity index (χ4n) is 4.88. The van der Waals surface area contributed by atoms with E-state index in [2.05, 4.69) is 15.4 Å². The van der Waals surface area contributed by atoms with Gasteiger partial charge in [0.05, 0.1) is 10.5 Å². The van der Waals surface area contributed by atoms with Gasteiger partial charge in [-0.1, -0.05) is 24.6 Å². The molecule has 8 nitrogen and oxygen atoms in total. The minimum atomic E-state index is -3.72. The first-order valence-electron chi connectivity index (χ1n) is 12.6. The number of carbonyl (C=O) groups is 1. The van der Waals surface area contributed by atoms with Gasteiger partial charge in [-0.2, -0.15) is 9.40 Å². The monoisotopic (exact) mass is 535 g/mol. The number of fused-ring (bicyclic) bond motifs is 1. The molecule has 2 aromatic heterocycles. The van der Waals surface area contributed by atoms with Gasteiger partial charge in [0, 0.05) is 30.2 Å². The molecule has 38 heavy (non-hydrogen) atoms. The number of aromatic nitrogens is 3. The van der Waals surface area contributed by atoms with E-state index < -0.39 is 21.7 Å². The topological polar surface area (TPSA) is 96.7 Å². The van der Waals surface area contributed by atoms with Crippen molar-refractivity contribution in [1.82, 2.24) is 18.9 Å². The summed E-state index contributed by atoms with van der Waals surface area (Å²) in [6.07, 6.45) is 2.68. The number of benzene rings is 2. The molecule has 0 saturated carbocycles. The third kappa shape index (κ3) is 4.69. The molecule has 0 atom stereocenters. The molecule has 5 rings (SSSR count). The number of rotatable bonds is 5. The minimum Gasteiger partial charge on any atom is -0.320 e. The molecular weight excluding hydrogens is 505 g/mol. The maximum Gasteiger partial charge on any atom is 0.276 e. The van der Waals surface area contributed by atoms with Gasteiger partial charge in [-0.15, -0.1) is 0 Å². The number of aryl methyl sites for hydroxylation is 4. The highest BCUT2D eigenvalue weighted by Crippen LogP contribution is 2.33. The summed E-state index contributed by atoms with van der Waals surface area (Å²) >= 11 is 0. The lowest BCUT2D eigenvalue weighted by Gasteiger charge is -2.26. The van der Waals surface area contributed by atoms with Crippen molar-refractivity contribution in [2.75, 3.05) is 18.4 Å². The van der Waals surface area contributed by atoms with Crippen molar-refractivity contribution in [1.29, 1.82) is 0 Å². The molecule has 0 radical (unpaired) electrons. The van der Waals surface area contributed by atoms with Crippen LogP contribution in [0.2, 0.25) is 0 Å². The van der Waals surface area contributed by atoms with Gasteiger partial charge >= 0.3 is 0 Å². The predicted octanol–water partition coefficient (Wildman–Crippen LogP) is 5.20. The standard InChI is InChI=1S/C28H30FN5O3S/c1-17-9-11-22(16-23(17)29)31-28(35)26-25(27-30-19(3)14-20(4)34(27)32-26)21-10-8-18(2)24(15-21)38(36,37)33-12-6-5-7-13-33/h8-11,14-16H,5-7,12-13H2,1-4H3,(H,31,35). The van der Waals surface area contributed by atoms with E-state index in [0.29, 0.717) is 46.7 Å². The molecule has 3 heterocycles. The van der Waals surface area contributed by atoms with Gasteiger partial charge in [0.25, 0.3) is 5.91 Å². The number of nitrogens with one attached hydrogen (secondary N) is 1. The molecule has 1 aliphatic heterocycles. The smallest absolute Gasteiger partial charge is 0.276 e. The Bertz CT molecular complexity index is 1670. The zero-order valence-electron chi connectivity index (χ0n) is 21.9. The van der Waals surface area contributed by atoms with Crippen molar-refractivity contribution >= 4 is 27.3 Å². The van der Waals surface area contributed by atoms with E-state index in [4.69, 9.17) is 0 Å². The van der Waals surface area contributed by atoms with Crippen LogP contribution in [0.15, 0.2) is 47.4 Å². The Labute approximate surface area is 221 Å². The number of hydrogen-bond acceptors (Lipinski definition) is 5. The number of nitrogens with zero attached hydrogens (tertiary/aromatic N) is 4. The molecule has 0 bridgehead atoms. The minimum absolute atomic E-state index is 0.0670. The van der Waals surface area contributed by atoms with Gasteiger partial charge in [-0.05, 0) is 81.5 Å². The van der Waals surface area contributed by atoms with Crippen molar-refractivity contribution in [2.24, 2.45) is 0 Å². The molecule has 1 aliphatic rings. The number of sulfonamides is 1. The Kier molecular flexibility index (Phi) is 6.79. The van der Waals surface area contributed by atoms with Crippen molar-refractivity contribution in [2.45, 2.75) is 51.9 Å². The first-order valence-corrected chi connectivity index (χ1v) is 14.1. The van der Waals surface area contributed by atoms with E-state index in [1.54, 1.807) is 48.7 Å². The number of amides is 1. The summed E-state index contributed by atoms with van der Waals surface area (Å²) in [5.41, 5.74) is 4.31. The van der Waals surface area contributed by atoms with E-state index in [1.807, 2.05) is 19.9 Å². The van der Waals surface area contributed by atoms with Crippen LogP contribution in [0.4, 0.5) is 10.1 Å². The van der Waals surface area contributed by atoms with Gasteiger partial charge in [0.15, 0.2) is 11.3 Å². The Hall–Kier alpha value is -3.63. The maximum atomic E-state index is 14.1. The van der Waals surface area contributed by atoms with Crippen LogP contribution in [-0.4, -0.2) is 46.3 Å². The summed E-state index contributed by atoms with van der Waals surface area (Å²) in [6, 6.07) is 11.4. The van der Waals surface area contributed by atoms with E-state index in [-0.39, 0.29) is 10.6 Å². The molecule has 1 fully saturated rings. The van der Waals surface area contributed by atoms with Crippen LogP contribution in [0.5, 0.6) is 0 Å². The summed E-state index contributed by atoms with van der Waals surface area (Å²) in [7, 11) is -3.72. The van der Waals surface area contributed by atoms with Crippen molar-refractivity contribution in [3.05, 3.63) is 76.5 Å². The summed E-state index contributed by atoms with van der Waals surface area (Å²) in [6.45, 7) is 8.09. The van der Waals surface area contributed by atoms with Crippen LogP contribution >= 0.6 is 0 Å². The molecule has 1 amide bonds. The molecular formula is C28H30FN5O3S. The van der Waals surface area contributed by atoms with Crippen LogP contribution in [0.3, 0.4) is 0 Å². The second-order valence-corrected chi connectivity index (χ2v) is 11.8. The summed E-state index contributed by atoms with van der Waals surface area (Å²) < 4.78 is 44.4. The molecule has 4 aromatic rings. The maximum absolute atomic E-state index is 14.1. The van der Waals surface area contributed by atoms with Crippen molar-refractivity contribution in [3.8, 4) is 11.1 Å². The SMILES string of the molecule is Cc1cc(C)n2nc(C(=O)Nc3ccc(C)c(F)c3)c(-c3ccc(C)c(S(=O)(=O)N4CCCCC4)c3)c2n1. The molecule has 1 saturated heterocycles. The van der Waals surface area contributed by atoms with Crippen molar-refractivity contribution in [3.63, 3.8) is 0 Å². The normalized spacial score (nSPS) is 14.7. The van der Waals surface area contributed by atoms with Crippen LogP contribution in [0, 0.1) is 33.5 Å². The molecule has 10 heteroatoms. The molecule has 1 N–H and O–H groups in total. The largest absolute Gasteiger partial charge is 0.320 e. The number of carbonyl (C=O) groups excluding carboxylic acids is 1. The predicted molar refractivity (Wildman–Crippen MR) is 144 cm³/mol. The lowest BCUT2D eigenvalue weighted by Crippen LogP contribution is -2.35. The molecule has 198 valence electrons. The van der Waals surface area contributed by atoms with Crippen molar-refractivity contribution < 1.29 is 17.6 Å². The van der Waals surface area contributed by atoms with E-state index in [1.165, 1.54) is 10.4 Å². The highest BCUT2D eigenvalue weighted by molar-refractivity contribution is 7.89. The number of hydrogen-bond donors (Lipinski definition) is 1. The number of piperidine rings is 1. The number of halogens is 1. The van der Waals surface area contributed by atoms with Gasteiger partial charge in [-0.3, -0.25) is 4.79 Å². The fraction of sp³-hybridized carbons (Fsp3) is 0.321. The Morgan fingerprint density at radius 2 is 1.66 bits per heavy atom. The molecule has 0 spiro atoms. The summed E-state index contributed by atoms with van der Waals surface area (Å²) in [5, 5.41) is 7.29. The van der Waals surface area contributed by atoms with Crippen LogP contribution < -0.4 is 5.32 Å². The highest BCUT2D eigenvalue weighted by atomic mass is 32.2. The average Bonchev–Trinajstić information content (AvgIpc) is 3.27. The third-order valence-electron chi connectivity index (χ3n) is 6.95. The second-order valence-electron chi connectivity index (χ2n) is 9.86. The second kappa shape index (κ2) is 9.92. The first kappa shape index (κ1) is 26.0. The fourth-order valence-corrected chi connectivity index (χ4v) is 6.65. The van der Waals surface area contributed by atoms with E-state index in [9.17, 15) is 17.6 Å². The third-order valence-corrected chi connectivity index (χ3v) is 8.99. The first-order chi connectivity index (χ1) is 18.1. The molecule has 0 unspecified atom stereocenters. The average molecular weight is 536 g/mol. The van der Waals surface area contributed by atoms with Crippen LogP contribution in [0.1, 0.15) is 52.3 Å². The Morgan fingerprint density at radius 1 is 0.947 bits per heavy atom. The Morgan fingerprint density at radius 3 is 2.37 bits per heavy atom. The summed E-state index contributed by atoms with van der Waals surface area (Å²) in [5.74, 6) is -0.982. The van der Waals surface area contributed by atoms with E-state index in [0.717, 1.165) is 30.7 Å². The zero-order chi connectivity index (χ0) is 27.2. The lowest BCUT2D eigenvalue weighted by atomic mass is 10.0. The van der Waals surface area contributed by atoms with Crippen LogP contribution in [0.25, 0.3) is 16.8 Å². The van der Waals surface area contributed by atoms with Gasteiger partial charge in [0.2, 0.25) is 10.0 Å². The van der Waals surface area contributed by atoms with Crippen LogP contribution in [-0.2, 0) is 10.0 Å². The Balaban J connectivity index is 1.66. The van der Waals surface area contributed by atoms with Gasteiger partial charge < -0.3 is 5.32 Å². The lowest BCUT2D eigenvalue weighted by molar-refractivity contribution is 0.102. The van der Waals surface area contributed by atoms with Gasteiger partial charge in [-0.25, -0.2) is 22.3 Å². The number of anilines is 1. The molecule has 0 aliphatic carbocycles. The van der Waals surface area contributed by atoms with Gasteiger partial charge in [0.1, 0.15) is 5.82 Å². The zero-order valence-corrected chi connectivity index (χ0v) is 22.7. The summed E-state index contributed by atoms with van der Waals surface area (Å²) in [4.78, 5) is 18.4. The molecule has 2 aromatic carbocycles. The van der Waals surface area contributed by atoms with E-state index >= 15 is 0 Å². The quantitative estimate of drug-likeness (QED) is 0.379.